The first kappa shape index (κ1) is 12.3. The van der Waals surface area contributed by atoms with E-state index in [1.54, 1.807) is 12.3 Å². The lowest BCUT2D eigenvalue weighted by Gasteiger charge is -2.15. The predicted octanol–water partition coefficient (Wildman–Crippen LogP) is 2.36. The molecule has 0 aromatic carbocycles. The fourth-order valence-corrected chi connectivity index (χ4v) is 2.36. The summed E-state index contributed by atoms with van der Waals surface area (Å²) in [5, 5.41) is 3.10. The molecule has 0 saturated carbocycles. The van der Waals surface area contributed by atoms with Gasteiger partial charge in [-0.3, -0.25) is 0 Å². The highest BCUT2D eigenvalue weighted by Crippen LogP contribution is 2.17. The predicted molar refractivity (Wildman–Crippen MR) is 67.5 cm³/mol. The van der Waals surface area contributed by atoms with Crippen LogP contribution in [0.25, 0.3) is 0 Å². The first-order valence-electron chi connectivity index (χ1n) is 6.36. The number of halogens is 1. The van der Waals surface area contributed by atoms with Crippen molar-refractivity contribution in [2.45, 2.75) is 19.8 Å². The van der Waals surface area contributed by atoms with Crippen LogP contribution < -0.4 is 5.32 Å². The summed E-state index contributed by atoms with van der Waals surface area (Å²) in [7, 11) is 0. The van der Waals surface area contributed by atoms with Crippen molar-refractivity contribution in [2.24, 2.45) is 5.92 Å². The summed E-state index contributed by atoms with van der Waals surface area (Å²) in [5.41, 5.74) is 0. The Hall–Kier alpha value is -1.16. The molecule has 3 nitrogen and oxygen atoms in total. The molecule has 1 aliphatic rings. The van der Waals surface area contributed by atoms with Gasteiger partial charge >= 0.3 is 0 Å². The summed E-state index contributed by atoms with van der Waals surface area (Å²) in [6.45, 7) is 6.48. The van der Waals surface area contributed by atoms with Gasteiger partial charge in [-0.2, -0.15) is 0 Å². The van der Waals surface area contributed by atoms with E-state index in [1.807, 2.05) is 0 Å². The average Bonchev–Trinajstić information content (AvgIpc) is 2.76. The molecule has 1 aromatic heterocycles. The second-order valence-electron chi connectivity index (χ2n) is 4.67. The van der Waals surface area contributed by atoms with Gasteiger partial charge < -0.3 is 10.2 Å². The minimum atomic E-state index is -0.268. The number of anilines is 1. The lowest BCUT2D eigenvalue weighted by atomic mass is 10.1. The number of hydrogen-bond donors (Lipinski definition) is 1. The van der Waals surface area contributed by atoms with Crippen LogP contribution >= 0.6 is 0 Å². The third-order valence-electron chi connectivity index (χ3n) is 3.23. The fraction of sp³-hybridized carbons (Fsp3) is 0.615. The highest BCUT2D eigenvalue weighted by atomic mass is 19.1. The van der Waals surface area contributed by atoms with Gasteiger partial charge in [0.2, 0.25) is 0 Å². The maximum absolute atomic E-state index is 13.3. The van der Waals surface area contributed by atoms with Crippen LogP contribution in [0.2, 0.25) is 0 Å². The number of aromatic nitrogens is 1. The maximum atomic E-state index is 13.3. The smallest absolute Gasteiger partial charge is 0.165 e. The van der Waals surface area contributed by atoms with Crippen molar-refractivity contribution in [1.82, 2.24) is 9.88 Å². The van der Waals surface area contributed by atoms with E-state index in [9.17, 15) is 4.39 Å². The molecule has 4 heteroatoms. The monoisotopic (exact) mass is 237 g/mol. The minimum Gasteiger partial charge on any atom is -0.367 e. The molecule has 1 saturated heterocycles. The van der Waals surface area contributed by atoms with E-state index in [1.165, 1.54) is 32.0 Å². The Kier molecular flexibility index (Phi) is 4.31. The highest BCUT2D eigenvalue weighted by Gasteiger charge is 2.21. The molecular formula is C13H20FN3. The number of hydrogen-bond acceptors (Lipinski definition) is 3. The lowest BCUT2D eigenvalue weighted by Crippen LogP contribution is -2.23. The zero-order chi connectivity index (χ0) is 12.1. The molecule has 17 heavy (non-hydrogen) atoms. The van der Waals surface area contributed by atoms with Gasteiger partial charge in [-0.15, -0.1) is 0 Å². The second-order valence-corrected chi connectivity index (χ2v) is 4.67. The lowest BCUT2D eigenvalue weighted by molar-refractivity contribution is 0.327. The van der Waals surface area contributed by atoms with Crippen LogP contribution in [0.15, 0.2) is 18.3 Å². The molecule has 1 atom stereocenters. The Morgan fingerprint density at radius 2 is 2.47 bits per heavy atom. The molecule has 94 valence electrons. The number of nitrogens with zero attached hydrogens (tertiary/aromatic N) is 2. The summed E-state index contributed by atoms with van der Waals surface area (Å²) >= 11 is 0. The average molecular weight is 237 g/mol. The Morgan fingerprint density at radius 1 is 1.59 bits per heavy atom. The van der Waals surface area contributed by atoms with Gasteiger partial charge in [0.25, 0.3) is 0 Å². The van der Waals surface area contributed by atoms with Crippen molar-refractivity contribution in [3.63, 3.8) is 0 Å². The number of likely N-dealkylation sites (tertiary alicyclic amines) is 1. The molecule has 0 bridgehead atoms. The summed E-state index contributed by atoms with van der Waals surface area (Å²) in [5.74, 6) is 0.723. The summed E-state index contributed by atoms with van der Waals surface area (Å²) < 4.78 is 13.3. The molecule has 0 radical (unpaired) electrons. The summed E-state index contributed by atoms with van der Waals surface area (Å²) in [4.78, 5) is 6.47. The van der Waals surface area contributed by atoms with Crippen molar-refractivity contribution < 1.29 is 4.39 Å². The normalized spacial score (nSPS) is 20.7. The largest absolute Gasteiger partial charge is 0.367 e. The Balaban J connectivity index is 1.78. The van der Waals surface area contributed by atoms with E-state index < -0.39 is 0 Å². The first-order valence-corrected chi connectivity index (χ1v) is 6.36. The zero-order valence-corrected chi connectivity index (χ0v) is 10.3. The summed E-state index contributed by atoms with van der Waals surface area (Å²) in [6.07, 6.45) is 4.01. The number of rotatable bonds is 5. The van der Waals surface area contributed by atoms with Crippen molar-refractivity contribution in [3.05, 3.63) is 24.1 Å². The van der Waals surface area contributed by atoms with E-state index in [0.29, 0.717) is 11.7 Å². The molecule has 0 aliphatic carbocycles. The fourth-order valence-electron chi connectivity index (χ4n) is 2.36. The van der Waals surface area contributed by atoms with E-state index in [4.69, 9.17) is 0 Å². The van der Waals surface area contributed by atoms with Gasteiger partial charge in [-0.05, 0) is 44.0 Å². The Bertz CT molecular complexity index is 356. The Morgan fingerprint density at radius 3 is 3.24 bits per heavy atom. The van der Waals surface area contributed by atoms with Crippen LogP contribution in [-0.4, -0.2) is 36.1 Å². The number of nitrogens with one attached hydrogen (secondary N) is 1. The molecular weight excluding hydrogens is 217 g/mol. The third-order valence-corrected chi connectivity index (χ3v) is 3.23. The molecule has 0 spiro atoms. The molecule has 1 fully saturated rings. The zero-order valence-electron chi connectivity index (χ0n) is 10.3. The van der Waals surface area contributed by atoms with Crippen molar-refractivity contribution in [1.29, 1.82) is 0 Å². The van der Waals surface area contributed by atoms with Crippen LogP contribution in [0.1, 0.15) is 19.8 Å². The van der Waals surface area contributed by atoms with E-state index in [2.05, 4.69) is 22.1 Å². The first-order chi connectivity index (χ1) is 8.29. The van der Waals surface area contributed by atoms with Crippen molar-refractivity contribution in [2.75, 3.05) is 31.5 Å². The van der Waals surface area contributed by atoms with Gasteiger partial charge in [-0.25, -0.2) is 9.37 Å². The van der Waals surface area contributed by atoms with Crippen LogP contribution in [0, 0.1) is 11.7 Å². The second kappa shape index (κ2) is 5.96. The third kappa shape index (κ3) is 3.40. The van der Waals surface area contributed by atoms with E-state index in [-0.39, 0.29) is 5.82 Å². The molecule has 1 N–H and O–H groups in total. The van der Waals surface area contributed by atoms with Gasteiger partial charge in [0, 0.05) is 19.3 Å². The highest BCUT2D eigenvalue weighted by molar-refractivity contribution is 5.35. The van der Waals surface area contributed by atoms with Crippen molar-refractivity contribution in [3.8, 4) is 0 Å². The van der Waals surface area contributed by atoms with Gasteiger partial charge in [0.15, 0.2) is 11.6 Å². The minimum absolute atomic E-state index is 0.268. The van der Waals surface area contributed by atoms with Crippen molar-refractivity contribution >= 4 is 5.82 Å². The van der Waals surface area contributed by atoms with E-state index >= 15 is 0 Å². The standard InChI is InChI=1S/C13H20FN3/c1-2-7-17-8-5-11(10-17)9-16-13-12(14)4-3-6-15-13/h3-4,6,11H,2,5,7-10H2,1H3,(H,15,16). The SMILES string of the molecule is CCCN1CCC(CNc2ncccc2F)C1. The molecule has 1 unspecified atom stereocenters. The van der Waals surface area contributed by atoms with Crippen LogP contribution in [-0.2, 0) is 0 Å². The number of pyridine rings is 1. The quantitative estimate of drug-likeness (QED) is 0.852. The van der Waals surface area contributed by atoms with Gasteiger partial charge in [0.1, 0.15) is 0 Å². The van der Waals surface area contributed by atoms with Gasteiger partial charge in [0.05, 0.1) is 0 Å². The molecule has 2 heterocycles. The Labute approximate surface area is 102 Å². The summed E-state index contributed by atoms with van der Waals surface area (Å²) in [6, 6.07) is 3.05. The topological polar surface area (TPSA) is 28.2 Å². The molecule has 1 aliphatic heterocycles. The molecule has 0 amide bonds. The molecule has 2 rings (SSSR count). The molecule has 1 aromatic rings. The van der Waals surface area contributed by atoms with Gasteiger partial charge in [-0.1, -0.05) is 6.92 Å². The maximum Gasteiger partial charge on any atom is 0.165 e. The van der Waals surface area contributed by atoms with E-state index in [0.717, 1.165) is 13.1 Å². The van der Waals surface area contributed by atoms with Crippen LogP contribution in [0.3, 0.4) is 0 Å². The van der Waals surface area contributed by atoms with Crippen LogP contribution in [0.4, 0.5) is 10.2 Å². The van der Waals surface area contributed by atoms with Crippen LogP contribution in [0.5, 0.6) is 0 Å².